The van der Waals surface area contributed by atoms with Crippen molar-refractivity contribution in [1.29, 1.82) is 0 Å². The van der Waals surface area contributed by atoms with Crippen LogP contribution in [0.3, 0.4) is 0 Å². The summed E-state index contributed by atoms with van der Waals surface area (Å²) in [4.78, 5) is 22.1. The van der Waals surface area contributed by atoms with Crippen molar-refractivity contribution in [3.8, 4) is 0 Å². The SMILES string of the molecule is COC(=O)C(Br)CNCCn1ccccc1=O. The van der Waals surface area contributed by atoms with Crippen molar-refractivity contribution in [1.82, 2.24) is 9.88 Å². The third-order valence-electron chi connectivity index (χ3n) is 2.21. The Labute approximate surface area is 108 Å². The fourth-order valence-electron chi connectivity index (χ4n) is 1.28. The maximum absolute atomic E-state index is 11.4. The van der Waals surface area contributed by atoms with Gasteiger partial charge in [-0.05, 0) is 6.07 Å². The van der Waals surface area contributed by atoms with E-state index in [1.54, 1.807) is 16.8 Å². The zero-order chi connectivity index (χ0) is 12.7. The van der Waals surface area contributed by atoms with E-state index in [2.05, 4.69) is 26.0 Å². The highest BCUT2D eigenvalue weighted by molar-refractivity contribution is 9.10. The lowest BCUT2D eigenvalue weighted by molar-refractivity contribution is -0.139. The maximum Gasteiger partial charge on any atom is 0.320 e. The van der Waals surface area contributed by atoms with E-state index < -0.39 is 0 Å². The summed E-state index contributed by atoms with van der Waals surface area (Å²) < 4.78 is 6.17. The maximum atomic E-state index is 11.4. The first-order chi connectivity index (χ1) is 8.15. The van der Waals surface area contributed by atoms with Crippen LogP contribution in [0.1, 0.15) is 0 Å². The first-order valence-electron chi connectivity index (χ1n) is 5.23. The summed E-state index contributed by atoms with van der Waals surface area (Å²) in [5.74, 6) is -0.311. The van der Waals surface area contributed by atoms with Crippen molar-refractivity contribution >= 4 is 21.9 Å². The van der Waals surface area contributed by atoms with E-state index in [0.717, 1.165) is 0 Å². The summed E-state index contributed by atoms with van der Waals surface area (Å²) in [7, 11) is 1.35. The van der Waals surface area contributed by atoms with Gasteiger partial charge in [0.25, 0.3) is 5.56 Å². The molecule has 1 rings (SSSR count). The molecule has 0 saturated heterocycles. The quantitative estimate of drug-likeness (QED) is 0.469. The third kappa shape index (κ3) is 4.70. The average Bonchev–Trinajstić information content (AvgIpc) is 2.35. The Hall–Kier alpha value is -1.14. The molecule has 0 radical (unpaired) electrons. The predicted molar refractivity (Wildman–Crippen MR) is 68.3 cm³/mol. The molecule has 1 atom stereocenters. The topological polar surface area (TPSA) is 60.3 Å². The molecule has 1 aromatic heterocycles. The van der Waals surface area contributed by atoms with E-state index in [1.807, 2.05) is 6.07 Å². The fraction of sp³-hybridized carbons (Fsp3) is 0.455. The van der Waals surface area contributed by atoms with Crippen molar-refractivity contribution < 1.29 is 9.53 Å². The summed E-state index contributed by atoms with van der Waals surface area (Å²) >= 11 is 3.20. The summed E-state index contributed by atoms with van der Waals surface area (Å²) in [6, 6.07) is 5.03. The zero-order valence-electron chi connectivity index (χ0n) is 9.56. The van der Waals surface area contributed by atoms with Gasteiger partial charge in [-0.15, -0.1) is 0 Å². The summed E-state index contributed by atoms with van der Waals surface area (Å²) in [5.41, 5.74) is -0.0299. The van der Waals surface area contributed by atoms with Gasteiger partial charge in [0.05, 0.1) is 7.11 Å². The second-order valence-corrected chi connectivity index (χ2v) is 4.53. The van der Waals surface area contributed by atoms with Crippen LogP contribution in [-0.2, 0) is 16.1 Å². The molecule has 1 unspecified atom stereocenters. The van der Waals surface area contributed by atoms with E-state index in [9.17, 15) is 9.59 Å². The van der Waals surface area contributed by atoms with Gasteiger partial charge in [-0.1, -0.05) is 22.0 Å². The number of halogens is 1. The molecule has 0 amide bonds. The monoisotopic (exact) mass is 302 g/mol. The molecule has 0 aliphatic rings. The van der Waals surface area contributed by atoms with Crippen LogP contribution in [0.2, 0.25) is 0 Å². The van der Waals surface area contributed by atoms with Gasteiger partial charge in [0.1, 0.15) is 4.83 Å². The molecular formula is C11H15BrN2O3. The number of aromatic nitrogens is 1. The zero-order valence-corrected chi connectivity index (χ0v) is 11.1. The van der Waals surface area contributed by atoms with Crippen molar-refractivity contribution in [2.45, 2.75) is 11.4 Å². The average molecular weight is 303 g/mol. The highest BCUT2D eigenvalue weighted by atomic mass is 79.9. The number of hydrogen-bond donors (Lipinski definition) is 1. The van der Waals surface area contributed by atoms with Gasteiger partial charge in [0.15, 0.2) is 0 Å². The number of methoxy groups -OCH3 is 1. The number of hydrogen-bond acceptors (Lipinski definition) is 4. The third-order valence-corrected chi connectivity index (χ3v) is 2.91. The number of pyridine rings is 1. The smallest absolute Gasteiger partial charge is 0.320 e. The number of nitrogens with zero attached hydrogens (tertiary/aromatic N) is 1. The van der Waals surface area contributed by atoms with Gasteiger partial charge in [-0.3, -0.25) is 9.59 Å². The van der Waals surface area contributed by atoms with Crippen LogP contribution in [0.4, 0.5) is 0 Å². The lowest BCUT2D eigenvalue weighted by Crippen LogP contribution is -2.33. The molecule has 1 aromatic rings. The number of carbonyl (C=O) groups excluding carboxylic acids is 1. The van der Waals surface area contributed by atoms with E-state index in [0.29, 0.717) is 19.6 Å². The van der Waals surface area contributed by atoms with Crippen molar-refractivity contribution in [2.24, 2.45) is 0 Å². The Morgan fingerprint density at radius 1 is 1.59 bits per heavy atom. The molecule has 0 aliphatic carbocycles. The second-order valence-electron chi connectivity index (χ2n) is 3.43. The number of esters is 1. The van der Waals surface area contributed by atoms with Gasteiger partial charge in [0, 0.05) is 31.9 Å². The lowest BCUT2D eigenvalue weighted by atomic mass is 10.4. The molecule has 0 aliphatic heterocycles. The number of rotatable bonds is 6. The van der Waals surface area contributed by atoms with Crippen molar-refractivity contribution in [3.05, 3.63) is 34.7 Å². The molecule has 5 nitrogen and oxygen atoms in total. The molecular weight excluding hydrogens is 288 g/mol. The molecule has 0 fully saturated rings. The molecule has 1 N–H and O–H groups in total. The largest absolute Gasteiger partial charge is 0.468 e. The van der Waals surface area contributed by atoms with Crippen LogP contribution < -0.4 is 10.9 Å². The molecule has 0 spiro atoms. The lowest BCUT2D eigenvalue weighted by Gasteiger charge is -2.09. The highest BCUT2D eigenvalue weighted by Gasteiger charge is 2.13. The van der Waals surface area contributed by atoms with E-state index in [1.165, 1.54) is 13.2 Å². The van der Waals surface area contributed by atoms with E-state index in [4.69, 9.17) is 0 Å². The normalized spacial score (nSPS) is 12.1. The molecule has 6 heteroatoms. The summed E-state index contributed by atoms with van der Waals surface area (Å²) in [6.07, 6.45) is 1.73. The van der Waals surface area contributed by atoms with Crippen LogP contribution in [0.5, 0.6) is 0 Å². The number of alkyl halides is 1. The van der Waals surface area contributed by atoms with Crippen LogP contribution >= 0.6 is 15.9 Å². The predicted octanol–water partition coefficient (Wildman–Crippen LogP) is 0.374. The van der Waals surface area contributed by atoms with Crippen LogP contribution in [0.15, 0.2) is 29.2 Å². The Balaban J connectivity index is 2.27. The summed E-state index contributed by atoms with van der Waals surface area (Å²) in [5, 5.41) is 3.07. The minimum absolute atomic E-state index is 0.0299. The van der Waals surface area contributed by atoms with Gasteiger partial charge >= 0.3 is 5.97 Å². The Kier molecular flexibility index (Phi) is 5.93. The Bertz CT molecular complexity index is 419. The van der Waals surface area contributed by atoms with Crippen LogP contribution in [0, 0.1) is 0 Å². The molecule has 0 aromatic carbocycles. The molecule has 0 bridgehead atoms. The number of carbonyl (C=O) groups is 1. The number of ether oxygens (including phenoxy) is 1. The van der Waals surface area contributed by atoms with E-state index >= 15 is 0 Å². The Morgan fingerprint density at radius 3 is 3.00 bits per heavy atom. The Morgan fingerprint density at radius 2 is 2.35 bits per heavy atom. The van der Waals surface area contributed by atoms with Crippen LogP contribution in [-0.4, -0.2) is 35.6 Å². The van der Waals surface area contributed by atoms with Crippen LogP contribution in [0.25, 0.3) is 0 Å². The van der Waals surface area contributed by atoms with Crippen molar-refractivity contribution in [3.63, 3.8) is 0 Å². The number of nitrogens with one attached hydrogen (secondary N) is 1. The minimum atomic E-state index is -0.361. The highest BCUT2D eigenvalue weighted by Crippen LogP contribution is 1.99. The molecule has 0 saturated carbocycles. The fourth-order valence-corrected chi connectivity index (χ4v) is 1.70. The second kappa shape index (κ2) is 7.24. The standard InChI is InChI=1S/C11H15BrN2O3/c1-17-11(16)9(12)8-13-5-7-14-6-3-2-4-10(14)15/h2-4,6,9,13H,5,7-8H2,1H3. The van der Waals surface area contributed by atoms with Gasteiger partial charge in [-0.2, -0.15) is 0 Å². The van der Waals surface area contributed by atoms with Gasteiger partial charge in [-0.25, -0.2) is 0 Å². The van der Waals surface area contributed by atoms with Crippen molar-refractivity contribution in [2.75, 3.05) is 20.2 Å². The molecule has 1 heterocycles. The summed E-state index contributed by atoms with van der Waals surface area (Å²) in [6.45, 7) is 1.65. The molecule has 94 valence electrons. The van der Waals surface area contributed by atoms with Gasteiger partial charge < -0.3 is 14.6 Å². The first-order valence-corrected chi connectivity index (χ1v) is 6.15. The molecule has 17 heavy (non-hydrogen) atoms. The first kappa shape index (κ1) is 13.9. The van der Waals surface area contributed by atoms with Gasteiger partial charge in [0.2, 0.25) is 0 Å². The van der Waals surface area contributed by atoms with E-state index in [-0.39, 0.29) is 16.4 Å². The minimum Gasteiger partial charge on any atom is -0.468 e.